The number of carboxylic acid groups (broad SMARTS) is 1. The molecule has 0 spiro atoms. The highest BCUT2D eigenvalue weighted by Gasteiger charge is 2.10. The quantitative estimate of drug-likeness (QED) is 0.805. The van der Waals surface area contributed by atoms with Gasteiger partial charge in [-0.3, -0.25) is 4.79 Å². The van der Waals surface area contributed by atoms with E-state index in [1.165, 1.54) is 36.0 Å². The molecule has 1 aromatic carbocycles. The van der Waals surface area contributed by atoms with Gasteiger partial charge in [0.05, 0.1) is 10.8 Å². The first-order chi connectivity index (χ1) is 9.95. The fraction of sp³-hybridized carbons (Fsp3) is 0.0769. The summed E-state index contributed by atoms with van der Waals surface area (Å²) in [6, 6.07) is 5.42. The van der Waals surface area contributed by atoms with E-state index in [1.54, 1.807) is 5.38 Å². The van der Waals surface area contributed by atoms with Crippen LogP contribution in [0.4, 0.5) is 10.1 Å². The van der Waals surface area contributed by atoms with Gasteiger partial charge in [0.1, 0.15) is 10.7 Å². The molecule has 0 saturated carbocycles. The van der Waals surface area contributed by atoms with Crippen molar-refractivity contribution in [3.8, 4) is 0 Å². The zero-order chi connectivity index (χ0) is 15.4. The summed E-state index contributed by atoms with van der Waals surface area (Å²) in [6.07, 6.45) is 0. The van der Waals surface area contributed by atoms with E-state index in [-0.39, 0.29) is 21.6 Å². The molecule has 0 fully saturated rings. The molecular weight excluding hydrogens is 337 g/mol. The molecule has 0 bridgehead atoms. The van der Waals surface area contributed by atoms with Crippen LogP contribution in [0.15, 0.2) is 34.5 Å². The second-order valence-electron chi connectivity index (χ2n) is 3.92. The van der Waals surface area contributed by atoms with Crippen LogP contribution in [0.5, 0.6) is 0 Å². The Morgan fingerprint density at radius 2 is 2.14 bits per heavy atom. The third kappa shape index (κ3) is 4.45. The number of carboxylic acids is 1. The van der Waals surface area contributed by atoms with Crippen LogP contribution in [-0.2, 0) is 4.79 Å². The van der Waals surface area contributed by atoms with Crippen molar-refractivity contribution in [1.82, 2.24) is 0 Å². The predicted molar refractivity (Wildman–Crippen MR) is 82.0 cm³/mol. The first-order valence-corrected chi connectivity index (χ1v) is 7.89. The average molecular weight is 346 g/mol. The Balaban J connectivity index is 1.89. The van der Waals surface area contributed by atoms with Gasteiger partial charge < -0.3 is 10.4 Å². The number of nitrogens with one attached hydrogen (secondary N) is 1. The summed E-state index contributed by atoms with van der Waals surface area (Å²) in [4.78, 5) is 23.4. The standard InChI is InChI=1S/C13H9ClFNO3S2/c14-9-3-7(1-2-10(9)15)16-12(17)6-20-8-4-11(13(18)19)21-5-8/h1-5H,6H2,(H,16,17)(H,18,19). The normalized spacial score (nSPS) is 10.4. The summed E-state index contributed by atoms with van der Waals surface area (Å²) in [5.74, 6) is -1.71. The molecule has 21 heavy (non-hydrogen) atoms. The maximum Gasteiger partial charge on any atom is 0.345 e. The van der Waals surface area contributed by atoms with Crippen molar-refractivity contribution in [1.29, 1.82) is 0 Å². The van der Waals surface area contributed by atoms with E-state index < -0.39 is 11.8 Å². The highest BCUT2D eigenvalue weighted by molar-refractivity contribution is 8.00. The zero-order valence-corrected chi connectivity index (χ0v) is 12.8. The van der Waals surface area contributed by atoms with Crippen LogP contribution in [0, 0.1) is 5.82 Å². The smallest absolute Gasteiger partial charge is 0.345 e. The molecule has 8 heteroatoms. The van der Waals surface area contributed by atoms with Gasteiger partial charge in [0.25, 0.3) is 0 Å². The molecule has 1 amide bonds. The molecule has 2 rings (SSSR count). The zero-order valence-electron chi connectivity index (χ0n) is 10.4. The molecule has 0 aliphatic carbocycles. The number of rotatable bonds is 5. The predicted octanol–water partition coefficient (Wildman–Crippen LogP) is 3.97. The summed E-state index contributed by atoms with van der Waals surface area (Å²) in [6.45, 7) is 0. The fourth-order valence-electron chi connectivity index (χ4n) is 1.43. The SMILES string of the molecule is O=C(CSc1csc(C(=O)O)c1)Nc1ccc(F)c(Cl)c1. The molecular formula is C13H9ClFNO3S2. The van der Waals surface area contributed by atoms with E-state index >= 15 is 0 Å². The minimum atomic E-state index is -0.989. The number of carbonyl (C=O) groups excluding carboxylic acids is 1. The molecule has 0 saturated heterocycles. The Morgan fingerprint density at radius 3 is 2.76 bits per heavy atom. The maximum absolute atomic E-state index is 13.0. The van der Waals surface area contributed by atoms with Crippen LogP contribution < -0.4 is 5.32 Å². The number of hydrogen-bond acceptors (Lipinski definition) is 4. The number of carbonyl (C=O) groups is 2. The van der Waals surface area contributed by atoms with Gasteiger partial charge in [-0.15, -0.1) is 23.1 Å². The summed E-state index contributed by atoms with van der Waals surface area (Å²) < 4.78 is 13.0. The highest BCUT2D eigenvalue weighted by atomic mass is 35.5. The van der Waals surface area contributed by atoms with Gasteiger partial charge in [0.2, 0.25) is 5.91 Å². The van der Waals surface area contributed by atoms with Crippen LogP contribution in [-0.4, -0.2) is 22.7 Å². The number of hydrogen-bond donors (Lipinski definition) is 2. The van der Waals surface area contributed by atoms with Crippen molar-refractivity contribution in [2.75, 3.05) is 11.1 Å². The Labute approximate surface area is 132 Å². The Kier molecular flexibility index (Phi) is 5.22. The molecule has 2 N–H and O–H groups in total. The number of thioether (sulfide) groups is 1. The van der Waals surface area contributed by atoms with E-state index in [9.17, 15) is 14.0 Å². The number of thiophene rings is 1. The Morgan fingerprint density at radius 1 is 1.38 bits per heavy atom. The molecule has 0 radical (unpaired) electrons. The van der Waals surface area contributed by atoms with Crippen LogP contribution in [0.1, 0.15) is 9.67 Å². The van der Waals surface area contributed by atoms with E-state index in [0.717, 1.165) is 11.3 Å². The Hall–Kier alpha value is -1.57. The molecule has 110 valence electrons. The first-order valence-electron chi connectivity index (χ1n) is 5.65. The van der Waals surface area contributed by atoms with Gasteiger partial charge in [-0.25, -0.2) is 9.18 Å². The first kappa shape index (κ1) is 15.8. The highest BCUT2D eigenvalue weighted by Crippen LogP contribution is 2.25. The van der Waals surface area contributed by atoms with Gasteiger partial charge in [0.15, 0.2) is 0 Å². The van der Waals surface area contributed by atoms with Gasteiger partial charge in [-0.1, -0.05) is 11.6 Å². The van der Waals surface area contributed by atoms with Crippen molar-refractivity contribution >= 4 is 52.3 Å². The van der Waals surface area contributed by atoms with Crippen LogP contribution in [0.25, 0.3) is 0 Å². The lowest BCUT2D eigenvalue weighted by Gasteiger charge is -2.05. The number of anilines is 1. The van der Waals surface area contributed by atoms with Crippen molar-refractivity contribution < 1.29 is 19.1 Å². The fourth-order valence-corrected chi connectivity index (χ4v) is 3.28. The number of amides is 1. The van der Waals surface area contributed by atoms with Crippen molar-refractivity contribution in [2.45, 2.75) is 4.90 Å². The molecule has 2 aromatic rings. The third-order valence-electron chi connectivity index (χ3n) is 2.36. The Bertz CT molecular complexity index is 690. The minimum absolute atomic E-state index is 0.0654. The second kappa shape index (κ2) is 6.93. The molecule has 0 aliphatic rings. The van der Waals surface area contributed by atoms with E-state index in [2.05, 4.69) is 5.32 Å². The number of benzene rings is 1. The third-order valence-corrected chi connectivity index (χ3v) is 4.69. The van der Waals surface area contributed by atoms with Gasteiger partial charge in [-0.05, 0) is 24.3 Å². The van der Waals surface area contributed by atoms with E-state index in [1.807, 2.05) is 0 Å². The summed E-state index contributed by atoms with van der Waals surface area (Å²) in [5.41, 5.74) is 0.406. The van der Waals surface area contributed by atoms with E-state index in [4.69, 9.17) is 16.7 Å². The van der Waals surface area contributed by atoms with Crippen molar-refractivity contribution in [2.24, 2.45) is 0 Å². The maximum atomic E-state index is 13.0. The van der Waals surface area contributed by atoms with Crippen molar-refractivity contribution in [3.63, 3.8) is 0 Å². The molecule has 1 heterocycles. The van der Waals surface area contributed by atoms with Crippen molar-refractivity contribution in [3.05, 3.63) is 45.4 Å². The largest absolute Gasteiger partial charge is 0.477 e. The summed E-state index contributed by atoms with van der Waals surface area (Å²) in [5, 5.41) is 13.0. The molecule has 0 aliphatic heterocycles. The number of halogens is 2. The lowest BCUT2D eigenvalue weighted by atomic mass is 10.3. The monoisotopic (exact) mass is 345 g/mol. The van der Waals surface area contributed by atoms with Gasteiger partial charge in [0, 0.05) is 16.0 Å². The van der Waals surface area contributed by atoms with Gasteiger partial charge >= 0.3 is 5.97 Å². The number of aromatic carboxylic acids is 1. The molecule has 0 unspecified atom stereocenters. The summed E-state index contributed by atoms with van der Waals surface area (Å²) >= 11 is 7.94. The van der Waals surface area contributed by atoms with Crippen LogP contribution in [0.3, 0.4) is 0 Å². The summed E-state index contributed by atoms with van der Waals surface area (Å²) in [7, 11) is 0. The molecule has 4 nitrogen and oxygen atoms in total. The molecule has 1 aromatic heterocycles. The van der Waals surface area contributed by atoms with Crippen LogP contribution in [0.2, 0.25) is 5.02 Å². The van der Waals surface area contributed by atoms with E-state index in [0.29, 0.717) is 10.6 Å². The second-order valence-corrected chi connectivity index (χ2v) is 6.28. The lowest BCUT2D eigenvalue weighted by Crippen LogP contribution is -2.13. The molecule has 0 atom stereocenters. The minimum Gasteiger partial charge on any atom is -0.477 e. The van der Waals surface area contributed by atoms with Crippen LogP contribution >= 0.6 is 34.7 Å². The topological polar surface area (TPSA) is 66.4 Å². The lowest BCUT2D eigenvalue weighted by molar-refractivity contribution is -0.113. The average Bonchev–Trinajstić information content (AvgIpc) is 2.90. The van der Waals surface area contributed by atoms with Gasteiger partial charge in [-0.2, -0.15) is 0 Å².